The number of nitrogens with zero attached hydrogens (tertiary/aromatic N) is 9. The van der Waals surface area contributed by atoms with Crippen LogP contribution in [0.1, 0.15) is 128 Å². The molecule has 6 aromatic rings. The van der Waals surface area contributed by atoms with Crippen molar-refractivity contribution in [2.45, 2.75) is 120 Å². The number of fused-ring (bicyclic) bond motifs is 3. The number of hydrogen-bond donors (Lipinski definition) is 2. The number of hydrogen-bond acceptors (Lipinski definition) is 11. The third-order valence-corrected chi connectivity index (χ3v) is 17.6. The summed E-state index contributed by atoms with van der Waals surface area (Å²) in [7, 11) is 1.84. The Bertz CT molecular complexity index is 3260. The Morgan fingerprint density at radius 2 is 1.56 bits per heavy atom. The zero-order chi connectivity index (χ0) is 53.1. The molecular weight excluding hydrogens is 974 g/mol. The molecule has 8 heterocycles. The summed E-state index contributed by atoms with van der Waals surface area (Å²) in [5, 5.41) is 5.70. The lowest BCUT2D eigenvalue weighted by molar-refractivity contribution is -0.134. The molecule has 6 aliphatic rings. The van der Waals surface area contributed by atoms with E-state index in [9.17, 15) is 19.2 Å². The van der Waals surface area contributed by atoms with E-state index in [1.54, 1.807) is 59.9 Å². The molecule has 0 radical (unpaired) electrons. The van der Waals surface area contributed by atoms with Gasteiger partial charge in [-0.3, -0.25) is 29.3 Å². The minimum Gasteiger partial charge on any atom is -0.356 e. The Labute approximate surface area is 448 Å². The highest BCUT2D eigenvalue weighted by atomic mass is 19.1. The summed E-state index contributed by atoms with van der Waals surface area (Å²) in [6.45, 7) is 8.60. The fourth-order valence-electron chi connectivity index (χ4n) is 13.0. The number of nitrogens with one attached hydrogen (secondary N) is 2. The molecule has 16 nitrogen and oxygen atoms in total. The maximum Gasteiger partial charge on any atom is 0.253 e. The number of likely N-dealkylation sites (tertiary alicyclic amines) is 2. The Hall–Kier alpha value is -7.53. The fraction of sp³-hybridized carbons (Fsp3) is 0.433. The largest absolute Gasteiger partial charge is 0.356 e. The number of pyridine rings is 2. The molecule has 398 valence electrons. The van der Waals surface area contributed by atoms with Gasteiger partial charge in [-0.25, -0.2) is 19.3 Å². The van der Waals surface area contributed by atoms with Gasteiger partial charge in [-0.2, -0.15) is 0 Å². The van der Waals surface area contributed by atoms with Crippen molar-refractivity contribution in [1.82, 2.24) is 39.5 Å². The summed E-state index contributed by atoms with van der Waals surface area (Å²) in [4.78, 5) is 92.5. The number of piperidine rings is 4. The number of carbonyl (C=O) groups is 5. The molecule has 4 saturated heterocycles. The number of rotatable bonds is 11. The zero-order valence-corrected chi connectivity index (χ0v) is 44.1. The summed E-state index contributed by atoms with van der Waals surface area (Å²) in [5.41, 5.74) is 6.22. The van der Waals surface area contributed by atoms with Crippen LogP contribution in [0.5, 0.6) is 0 Å². The lowest BCUT2D eigenvalue weighted by Gasteiger charge is -2.48. The molecule has 77 heavy (non-hydrogen) atoms. The lowest BCUT2D eigenvalue weighted by atomic mass is 9.73. The number of halogens is 1. The normalized spacial score (nSPS) is 21.9. The maximum absolute atomic E-state index is 15.3. The first-order chi connectivity index (χ1) is 37.3. The average molecular weight is 1040 g/mol. The maximum atomic E-state index is 15.3. The first kappa shape index (κ1) is 50.3. The van der Waals surface area contributed by atoms with Crippen molar-refractivity contribution in [2.75, 3.05) is 61.4 Å². The molecule has 0 bridgehead atoms. The first-order valence-corrected chi connectivity index (χ1v) is 27.7. The summed E-state index contributed by atoms with van der Waals surface area (Å²) in [6, 6.07) is 26.2. The molecule has 1 aliphatic carbocycles. The van der Waals surface area contributed by atoms with Crippen LogP contribution in [-0.4, -0.2) is 128 Å². The third-order valence-electron chi connectivity index (χ3n) is 17.6. The van der Waals surface area contributed by atoms with Gasteiger partial charge in [-0.1, -0.05) is 36.8 Å². The summed E-state index contributed by atoms with van der Waals surface area (Å²) in [6.07, 6.45) is 12.3. The van der Waals surface area contributed by atoms with Crippen molar-refractivity contribution in [3.05, 3.63) is 126 Å². The molecule has 12 rings (SSSR count). The van der Waals surface area contributed by atoms with Crippen LogP contribution in [0.25, 0.3) is 22.3 Å². The predicted octanol–water partition coefficient (Wildman–Crippen LogP) is 8.76. The second kappa shape index (κ2) is 20.4. The molecule has 2 N–H and O–H groups in total. The molecule has 5 aliphatic heterocycles. The summed E-state index contributed by atoms with van der Waals surface area (Å²) in [5.74, 6) is -0.101. The van der Waals surface area contributed by atoms with Crippen LogP contribution in [0, 0.1) is 5.82 Å². The van der Waals surface area contributed by atoms with Crippen molar-refractivity contribution in [3.8, 4) is 11.3 Å². The van der Waals surface area contributed by atoms with E-state index in [1.807, 2.05) is 40.8 Å². The summed E-state index contributed by atoms with van der Waals surface area (Å²) < 4.78 is 17.2. The minimum atomic E-state index is -0.790. The smallest absolute Gasteiger partial charge is 0.253 e. The van der Waals surface area contributed by atoms with Crippen LogP contribution in [-0.2, 0) is 19.8 Å². The summed E-state index contributed by atoms with van der Waals surface area (Å²) >= 11 is 0. The average Bonchev–Trinajstić information content (AvgIpc) is 4.20. The van der Waals surface area contributed by atoms with E-state index in [4.69, 9.17) is 9.97 Å². The second-order valence-corrected chi connectivity index (χ2v) is 22.4. The molecule has 5 amide bonds. The molecular formula is C60H66FN11O5. The predicted molar refractivity (Wildman–Crippen MR) is 293 cm³/mol. The van der Waals surface area contributed by atoms with Gasteiger partial charge in [0.05, 0.1) is 34.6 Å². The monoisotopic (exact) mass is 1040 g/mol. The molecule has 3 aromatic carbocycles. The van der Waals surface area contributed by atoms with E-state index in [0.717, 1.165) is 78.0 Å². The van der Waals surface area contributed by atoms with Gasteiger partial charge < -0.3 is 34.4 Å². The number of imidazole rings is 1. The fourth-order valence-corrected chi connectivity index (χ4v) is 13.0. The van der Waals surface area contributed by atoms with Crippen molar-refractivity contribution >= 4 is 63.6 Å². The first-order valence-electron chi connectivity index (χ1n) is 27.7. The third kappa shape index (κ3) is 9.29. The van der Waals surface area contributed by atoms with Crippen molar-refractivity contribution in [2.24, 2.45) is 0 Å². The Morgan fingerprint density at radius 1 is 0.818 bits per heavy atom. The Balaban J connectivity index is 0.732. The molecule has 1 atom stereocenters. The molecule has 17 heteroatoms. The lowest BCUT2D eigenvalue weighted by Crippen LogP contribution is -2.58. The Morgan fingerprint density at radius 3 is 2.26 bits per heavy atom. The van der Waals surface area contributed by atoms with Crippen molar-refractivity contribution in [3.63, 3.8) is 0 Å². The molecule has 1 unspecified atom stereocenters. The standard InChI is InChI=1S/C60H66FN11O5/c1-37(2)71-36-63-50-34-49(65-55(54(50)71)64-48-10-6-5-9-47(48)61)40-15-18-46-51(31-40)72(44-32-43(33-44)68-25-7-4-8-26-68)59(77)60(46)23-29-70(30-24-60)58(76)39-13-11-38(12-14-39)57(75)67(3)42-21-27-69(28-22-42)52-19-16-41(35-62-52)45-17-20-53(73)66-56(45)74/h5-6,9-16,18-19,31,34-37,42-45H,4,7-8,17,20-30,32-33H2,1-3H3,(H,64,65)(H,66,73,74)/t43-,44+,45?. The van der Waals surface area contributed by atoms with E-state index in [1.165, 1.54) is 25.3 Å². The van der Waals surface area contributed by atoms with Gasteiger partial charge in [0, 0.05) is 92.4 Å². The number of amides is 5. The quantitative estimate of drug-likeness (QED) is 0.119. The highest BCUT2D eigenvalue weighted by molar-refractivity contribution is 6.10. The van der Waals surface area contributed by atoms with Crippen LogP contribution in [0.15, 0.2) is 97.5 Å². The van der Waals surface area contributed by atoms with Crippen LogP contribution in [0.3, 0.4) is 0 Å². The van der Waals surface area contributed by atoms with Crippen molar-refractivity contribution < 1.29 is 28.4 Å². The van der Waals surface area contributed by atoms with Gasteiger partial charge in [-0.15, -0.1) is 0 Å². The van der Waals surface area contributed by atoms with Gasteiger partial charge in [-0.05, 0) is 150 Å². The van der Waals surface area contributed by atoms with E-state index in [2.05, 4.69) is 56.3 Å². The van der Waals surface area contributed by atoms with Gasteiger partial charge in [0.15, 0.2) is 5.82 Å². The van der Waals surface area contributed by atoms with Crippen LogP contribution in [0.4, 0.5) is 27.4 Å². The molecule has 5 fully saturated rings. The zero-order valence-electron chi connectivity index (χ0n) is 44.1. The highest BCUT2D eigenvalue weighted by Crippen LogP contribution is 2.52. The number of aromatic nitrogens is 4. The van der Waals surface area contributed by atoms with Gasteiger partial charge >= 0.3 is 0 Å². The van der Waals surface area contributed by atoms with Gasteiger partial charge in [0.1, 0.15) is 17.2 Å². The topological polar surface area (TPSA) is 169 Å². The van der Waals surface area contributed by atoms with E-state index in [-0.39, 0.29) is 59.4 Å². The van der Waals surface area contributed by atoms with E-state index >= 15 is 9.18 Å². The number of carbonyl (C=O) groups excluding carboxylic acids is 5. The van der Waals surface area contributed by atoms with E-state index in [0.29, 0.717) is 86.2 Å². The van der Waals surface area contributed by atoms with Crippen LogP contribution >= 0.6 is 0 Å². The number of imide groups is 1. The Kier molecular flexibility index (Phi) is 13.4. The SMILES string of the molecule is CC(C)n1cnc2cc(-c3ccc4c(c3)N([C@H]3C[C@@H](N5CCCCC5)C3)C(=O)C43CCN(C(=O)c4ccc(C(=O)N(C)C5CCN(c6ccc(C7CCC(=O)NC7=O)cn6)CC5)cc4)CC3)nc(Nc3ccccc3F)c21. The number of para-hydroxylation sites is 1. The number of benzene rings is 3. The van der Waals surface area contributed by atoms with E-state index < -0.39 is 5.41 Å². The minimum absolute atomic E-state index is 0.0263. The van der Waals surface area contributed by atoms with Crippen LogP contribution in [0.2, 0.25) is 0 Å². The van der Waals surface area contributed by atoms with Crippen molar-refractivity contribution in [1.29, 1.82) is 0 Å². The highest BCUT2D eigenvalue weighted by Gasteiger charge is 2.56. The van der Waals surface area contributed by atoms with Gasteiger partial charge in [0.25, 0.3) is 11.8 Å². The molecule has 1 saturated carbocycles. The second-order valence-electron chi connectivity index (χ2n) is 22.4. The van der Waals surface area contributed by atoms with Crippen LogP contribution < -0.4 is 20.4 Å². The van der Waals surface area contributed by atoms with Gasteiger partial charge in [0.2, 0.25) is 17.7 Å². The molecule has 1 spiro atoms. The number of anilines is 4. The molecule has 3 aromatic heterocycles.